The number of hydrogen-bond acceptors (Lipinski definition) is 2. The van der Waals surface area contributed by atoms with Crippen LogP contribution in [0.2, 0.25) is 0 Å². The van der Waals surface area contributed by atoms with E-state index in [0.717, 1.165) is 12.8 Å². The van der Waals surface area contributed by atoms with Gasteiger partial charge in [0.2, 0.25) is 11.8 Å². The van der Waals surface area contributed by atoms with Gasteiger partial charge < -0.3 is 10.6 Å². The zero-order chi connectivity index (χ0) is 10.7. The summed E-state index contributed by atoms with van der Waals surface area (Å²) in [5.74, 6) is 0.167. The molecule has 0 aliphatic heterocycles. The van der Waals surface area contributed by atoms with Gasteiger partial charge in [0.05, 0.1) is 5.92 Å². The summed E-state index contributed by atoms with van der Waals surface area (Å²) >= 11 is 0. The maximum Gasteiger partial charge on any atom is 0.230 e. The van der Waals surface area contributed by atoms with E-state index in [4.69, 9.17) is 5.73 Å². The third-order valence-electron chi connectivity index (χ3n) is 2.53. The lowest BCUT2D eigenvalue weighted by Gasteiger charge is -2.21. The monoisotopic (exact) mass is 197 g/mol. The summed E-state index contributed by atoms with van der Waals surface area (Å²) in [6.45, 7) is 1.87. The lowest BCUT2D eigenvalue weighted by molar-refractivity contribution is -0.130. The normalized spacial score (nSPS) is 15.6. The molecule has 0 bridgehead atoms. The smallest absolute Gasteiger partial charge is 0.230 e. The number of nitrogens with two attached hydrogens (primary N) is 1. The maximum atomic E-state index is 11.8. The highest BCUT2D eigenvalue weighted by atomic mass is 16.2. The van der Waals surface area contributed by atoms with Gasteiger partial charge in [-0.1, -0.05) is 6.92 Å². The lowest BCUT2D eigenvalue weighted by Crippen LogP contribution is -2.35. The fraction of sp³-hybridized carbons (Fsp3) is 0.700. The maximum absolute atomic E-state index is 11.8. The molecule has 1 rings (SSSR count). The standard InChI is InChI=1S/C10H17N2O2/c1-3-7(6-9(11)13)10(14)12(2)8-4-5-8/h8H,3-6H2,1-2H3,(H2,11,13). The Morgan fingerprint density at radius 3 is 2.36 bits per heavy atom. The molecule has 0 saturated heterocycles. The summed E-state index contributed by atoms with van der Waals surface area (Å²) in [5, 5.41) is 0. The van der Waals surface area contributed by atoms with Crippen molar-refractivity contribution >= 4 is 11.8 Å². The SMILES string of the molecule is CC[C](CC(N)=O)C(=O)N(C)C1CC1. The lowest BCUT2D eigenvalue weighted by atomic mass is 10.0. The van der Waals surface area contributed by atoms with E-state index in [9.17, 15) is 9.59 Å². The molecule has 4 nitrogen and oxygen atoms in total. The number of hydrogen-bond donors (Lipinski definition) is 1. The van der Waals surface area contributed by atoms with Gasteiger partial charge >= 0.3 is 0 Å². The highest BCUT2D eigenvalue weighted by Crippen LogP contribution is 2.28. The van der Waals surface area contributed by atoms with Gasteiger partial charge in [-0.2, -0.15) is 0 Å². The first-order chi connectivity index (χ1) is 6.56. The Morgan fingerprint density at radius 1 is 1.43 bits per heavy atom. The van der Waals surface area contributed by atoms with Crippen molar-refractivity contribution < 1.29 is 9.59 Å². The summed E-state index contributed by atoms with van der Waals surface area (Å²) < 4.78 is 0. The topological polar surface area (TPSA) is 63.4 Å². The molecule has 14 heavy (non-hydrogen) atoms. The molecular weight excluding hydrogens is 180 g/mol. The minimum Gasteiger partial charge on any atom is -0.370 e. The molecule has 0 aromatic carbocycles. The van der Waals surface area contributed by atoms with Gasteiger partial charge in [-0.15, -0.1) is 0 Å². The molecule has 0 aromatic heterocycles. The first-order valence-electron chi connectivity index (χ1n) is 4.96. The highest BCUT2D eigenvalue weighted by molar-refractivity contribution is 5.95. The molecule has 1 aliphatic rings. The zero-order valence-electron chi connectivity index (χ0n) is 8.75. The van der Waals surface area contributed by atoms with Gasteiger partial charge in [0, 0.05) is 19.5 Å². The van der Waals surface area contributed by atoms with Crippen molar-refractivity contribution in [2.75, 3.05) is 7.05 Å². The first kappa shape index (κ1) is 11.0. The van der Waals surface area contributed by atoms with Crippen molar-refractivity contribution in [3.63, 3.8) is 0 Å². The number of carbonyl (C=O) groups excluding carboxylic acids is 2. The molecule has 1 aliphatic carbocycles. The van der Waals surface area contributed by atoms with Crippen molar-refractivity contribution in [2.45, 2.75) is 38.6 Å². The van der Waals surface area contributed by atoms with Gasteiger partial charge in [-0.3, -0.25) is 9.59 Å². The van der Waals surface area contributed by atoms with Gasteiger partial charge in [0.25, 0.3) is 0 Å². The largest absolute Gasteiger partial charge is 0.370 e. The van der Waals surface area contributed by atoms with Crippen LogP contribution >= 0.6 is 0 Å². The molecule has 2 amide bonds. The van der Waals surface area contributed by atoms with Gasteiger partial charge in [-0.25, -0.2) is 0 Å². The average Bonchev–Trinajstić information content (AvgIpc) is 2.94. The summed E-state index contributed by atoms with van der Waals surface area (Å²) in [6.07, 6.45) is 2.84. The molecule has 79 valence electrons. The van der Waals surface area contributed by atoms with Crippen LogP contribution < -0.4 is 5.73 Å². The Labute approximate surface area is 84.4 Å². The van der Waals surface area contributed by atoms with E-state index in [1.807, 2.05) is 6.92 Å². The van der Waals surface area contributed by atoms with Crippen LogP contribution in [0.4, 0.5) is 0 Å². The minimum atomic E-state index is -0.431. The molecule has 4 heteroatoms. The fourth-order valence-electron chi connectivity index (χ4n) is 1.44. The Hall–Kier alpha value is -1.06. The second-order valence-corrected chi connectivity index (χ2v) is 3.75. The van der Waals surface area contributed by atoms with Crippen LogP contribution in [0.5, 0.6) is 0 Å². The van der Waals surface area contributed by atoms with Crippen LogP contribution in [0.1, 0.15) is 32.6 Å². The first-order valence-corrected chi connectivity index (χ1v) is 4.96. The van der Waals surface area contributed by atoms with E-state index in [1.54, 1.807) is 11.9 Å². The van der Waals surface area contributed by atoms with Crippen molar-refractivity contribution in [2.24, 2.45) is 5.73 Å². The van der Waals surface area contributed by atoms with Crippen LogP contribution in [0, 0.1) is 5.92 Å². The Kier molecular flexibility index (Phi) is 3.49. The zero-order valence-corrected chi connectivity index (χ0v) is 8.75. The summed E-state index contributed by atoms with van der Waals surface area (Å²) in [4.78, 5) is 24.2. The summed E-state index contributed by atoms with van der Waals surface area (Å²) in [5.41, 5.74) is 5.07. The molecule has 0 aromatic rings. The van der Waals surface area contributed by atoms with Crippen molar-refractivity contribution in [3.8, 4) is 0 Å². The van der Waals surface area contributed by atoms with E-state index in [-0.39, 0.29) is 12.3 Å². The van der Waals surface area contributed by atoms with Crippen molar-refractivity contribution in [1.82, 2.24) is 4.90 Å². The summed E-state index contributed by atoms with van der Waals surface area (Å²) in [6, 6.07) is 0.386. The van der Waals surface area contributed by atoms with E-state index in [1.165, 1.54) is 0 Å². The Balaban J connectivity index is 2.49. The Morgan fingerprint density at radius 2 is 2.00 bits per heavy atom. The number of rotatable bonds is 5. The molecule has 1 radical (unpaired) electrons. The van der Waals surface area contributed by atoms with Crippen LogP contribution in [-0.4, -0.2) is 29.8 Å². The van der Waals surface area contributed by atoms with Crippen LogP contribution in [0.15, 0.2) is 0 Å². The van der Waals surface area contributed by atoms with E-state index in [2.05, 4.69) is 0 Å². The van der Waals surface area contributed by atoms with Crippen molar-refractivity contribution in [3.05, 3.63) is 5.92 Å². The van der Waals surface area contributed by atoms with E-state index in [0.29, 0.717) is 18.4 Å². The number of carbonyl (C=O) groups is 2. The van der Waals surface area contributed by atoms with Crippen LogP contribution in [0.3, 0.4) is 0 Å². The second-order valence-electron chi connectivity index (χ2n) is 3.75. The minimum absolute atomic E-state index is 0.0196. The number of primary amides is 1. The second kappa shape index (κ2) is 4.44. The van der Waals surface area contributed by atoms with Crippen LogP contribution in [0.25, 0.3) is 0 Å². The van der Waals surface area contributed by atoms with Crippen molar-refractivity contribution in [1.29, 1.82) is 0 Å². The average molecular weight is 197 g/mol. The van der Waals surface area contributed by atoms with Gasteiger partial charge in [-0.05, 0) is 19.3 Å². The number of amides is 2. The van der Waals surface area contributed by atoms with Gasteiger partial charge in [0.15, 0.2) is 0 Å². The quantitative estimate of drug-likeness (QED) is 0.696. The summed E-state index contributed by atoms with van der Waals surface area (Å²) in [7, 11) is 1.79. The third-order valence-corrected chi connectivity index (χ3v) is 2.53. The highest BCUT2D eigenvalue weighted by Gasteiger charge is 2.33. The molecule has 1 saturated carbocycles. The van der Waals surface area contributed by atoms with E-state index < -0.39 is 5.91 Å². The van der Waals surface area contributed by atoms with Crippen LogP contribution in [-0.2, 0) is 9.59 Å². The predicted octanol–water partition coefficient (Wildman–Crippen LogP) is 0.467. The molecular formula is C10H17N2O2. The third kappa shape index (κ3) is 2.72. The van der Waals surface area contributed by atoms with Gasteiger partial charge in [0.1, 0.15) is 0 Å². The fourth-order valence-corrected chi connectivity index (χ4v) is 1.44. The molecule has 1 fully saturated rings. The molecule has 0 spiro atoms. The Bertz CT molecular complexity index is 236. The molecule has 2 N–H and O–H groups in total. The molecule has 0 heterocycles. The molecule has 0 atom stereocenters. The number of nitrogens with zero attached hydrogens (tertiary/aromatic N) is 1. The predicted molar refractivity (Wildman–Crippen MR) is 53.1 cm³/mol. The van der Waals surface area contributed by atoms with E-state index >= 15 is 0 Å². The molecule has 0 unspecified atom stereocenters.